The molecule has 0 aliphatic rings. The number of carbonyl (C=O) groups is 1. The first-order chi connectivity index (χ1) is 5.83. The van der Waals surface area contributed by atoms with Crippen LogP contribution in [0.15, 0.2) is 0 Å². The molecule has 0 amide bonds. The van der Waals surface area contributed by atoms with Crippen LogP contribution in [-0.4, -0.2) is 27.5 Å². The van der Waals surface area contributed by atoms with Gasteiger partial charge in [0.2, 0.25) is 8.32 Å². The van der Waals surface area contributed by atoms with E-state index in [0.29, 0.717) is 0 Å². The molecule has 0 N–H and O–H groups in total. The van der Waals surface area contributed by atoms with Gasteiger partial charge in [-0.15, -0.1) is 0 Å². The van der Waals surface area contributed by atoms with Gasteiger partial charge in [0.25, 0.3) is 5.97 Å². The topological polar surface area (TPSA) is 35.5 Å². The molecule has 0 unspecified atom stereocenters. The molecule has 80 valence electrons. The Balaban J connectivity index is 0. The van der Waals surface area contributed by atoms with Crippen LogP contribution in [0.25, 0.3) is 0 Å². The minimum absolute atomic E-state index is 0.163. The third-order valence-electron chi connectivity index (χ3n) is 0.858. The van der Waals surface area contributed by atoms with Gasteiger partial charge in [-0.1, -0.05) is 0 Å². The van der Waals surface area contributed by atoms with E-state index in [0.717, 1.165) is 13.2 Å². The van der Waals surface area contributed by atoms with Crippen molar-refractivity contribution >= 4 is 14.3 Å². The van der Waals surface area contributed by atoms with Crippen LogP contribution >= 0.6 is 0 Å². The standard InChI is InChI=1S/C5H12O2Si.C4H10O/c1-5(6)7-8(2,3)4;1-3-5-4-2/h1-4H3;3-4H2,1-2H3. The minimum Gasteiger partial charge on any atom is -0.520 e. The maximum Gasteiger partial charge on any atom is 0.289 e. The first kappa shape index (κ1) is 15.1. The number of hydrogen-bond donors (Lipinski definition) is 0. The lowest BCUT2D eigenvalue weighted by atomic mass is 10.8. The van der Waals surface area contributed by atoms with E-state index < -0.39 is 8.32 Å². The fraction of sp³-hybridized carbons (Fsp3) is 0.889. The Hall–Kier alpha value is -0.353. The number of hydrogen-bond acceptors (Lipinski definition) is 3. The Morgan fingerprint density at radius 3 is 1.54 bits per heavy atom. The van der Waals surface area contributed by atoms with Crippen molar-refractivity contribution in [1.29, 1.82) is 0 Å². The highest BCUT2D eigenvalue weighted by Gasteiger charge is 2.16. The highest BCUT2D eigenvalue weighted by Crippen LogP contribution is 2.01. The second kappa shape index (κ2) is 8.25. The van der Waals surface area contributed by atoms with E-state index in [2.05, 4.69) is 0 Å². The van der Waals surface area contributed by atoms with Gasteiger partial charge >= 0.3 is 0 Å². The summed E-state index contributed by atoms with van der Waals surface area (Å²) in [6, 6.07) is 0. The van der Waals surface area contributed by atoms with Crippen LogP contribution in [0.5, 0.6) is 0 Å². The van der Waals surface area contributed by atoms with Crippen LogP contribution in [0.2, 0.25) is 19.6 Å². The first-order valence-corrected chi connectivity index (χ1v) is 8.01. The number of ether oxygens (including phenoxy) is 1. The van der Waals surface area contributed by atoms with E-state index in [9.17, 15) is 4.79 Å². The third kappa shape index (κ3) is 24.5. The molecular formula is C9H22O3Si. The van der Waals surface area contributed by atoms with Gasteiger partial charge in [0.15, 0.2) is 0 Å². The van der Waals surface area contributed by atoms with Gasteiger partial charge in [-0.3, -0.25) is 4.79 Å². The summed E-state index contributed by atoms with van der Waals surface area (Å²) in [5.41, 5.74) is 0. The molecule has 3 nitrogen and oxygen atoms in total. The van der Waals surface area contributed by atoms with E-state index in [1.807, 2.05) is 33.5 Å². The highest BCUT2D eigenvalue weighted by atomic mass is 28.4. The van der Waals surface area contributed by atoms with Crippen molar-refractivity contribution in [1.82, 2.24) is 0 Å². The zero-order chi connectivity index (χ0) is 10.9. The van der Waals surface area contributed by atoms with E-state index in [1.54, 1.807) is 0 Å². The smallest absolute Gasteiger partial charge is 0.289 e. The normalized spacial score (nSPS) is 10.0. The van der Waals surface area contributed by atoms with E-state index in [4.69, 9.17) is 9.16 Å². The summed E-state index contributed by atoms with van der Waals surface area (Å²) in [7, 11) is -1.57. The van der Waals surface area contributed by atoms with Crippen LogP contribution in [0, 0.1) is 0 Å². The monoisotopic (exact) mass is 206 g/mol. The van der Waals surface area contributed by atoms with Gasteiger partial charge in [-0.2, -0.15) is 0 Å². The summed E-state index contributed by atoms with van der Waals surface area (Å²) >= 11 is 0. The summed E-state index contributed by atoms with van der Waals surface area (Å²) < 4.78 is 9.77. The summed E-state index contributed by atoms with van der Waals surface area (Å²) in [5.74, 6) is -0.163. The van der Waals surface area contributed by atoms with Crippen LogP contribution in [0.1, 0.15) is 20.8 Å². The quantitative estimate of drug-likeness (QED) is 0.665. The van der Waals surface area contributed by atoms with Crippen molar-refractivity contribution in [3.05, 3.63) is 0 Å². The number of rotatable bonds is 3. The Bertz CT molecular complexity index is 127. The van der Waals surface area contributed by atoms with Gasteiger partial charge in [0, 0.05) is 20.1 Å². The zero-order valence-electron chi connectivity index (χ0n) is 9.64. The number of carbonyl (C=O) groups excluding carboxylic acids is 1. The minimum atomic E-state index is -1.57. The Morgan fingerprint density at radius 1 is 1.15 bits per heavy atom. The van der Waals surface area contributed by atoms with Crippen molar-refractivity contribution in [2.24, 2.45) is 0 Å². The second-order valence-corrected chi connectivity index (χ2v) is 7.92. The molecular weight excluding hydrogens is 184 g/mol. The van der Waals surface area contributed by atoms with Gasteiger partial charge in [0.05, 0.1) is 0 Å². The molecule has 0 aromatic heterocycles. The van der Waals surface area contributed by atoms with Crippen LogP contribution in [0.4, 0.5) is 0 Å². The molecule has 0 rings (SSSR count). The predicted molar refractivity (Wildman–Crippen MR) is 57.3 cm³/mol. The SMILES string of the molecule is CC(=O)O[Si](C)(C)C.CCOCC. The molecule has 0 bridgehead atoms. The average molecular weight is 206 g/mol. The molecule has 0 saturated carbocycles. The van der Waals surface area contributed by atoms with Gasteiger partial charge in [0.1, 0.15) is 0 Å². The maximum atomic E-state index is 10.3. The van der Waals surface area contributed by atoms with E-state index in [1.165, 1.54) is 6.92 Å². The summed E-state index contributed by atoms with van der Waals surface area (Å²) in [5, 5.41) is 0. The largest absolute Gasteiger partial charge is 0.520 e. The molecule has 0 heterocycles. The molecule has 0 aliphatic heterocycles. The fourth-order valence-electron chi connectivity index (χ4n) is 0.635. The van der Waals surface area contributed by atoms with Crippen molar-refractivity contribution in [3.8, 4) is 0 Å². The molecule has 0 fully saturated rings. The van der Waals surface area contributed by atoms with Crippen molar-refractivity contribution in [2.45, 2.75) is 40.4 Å². The predicted octanol–water partition coefficient (Wildman–Crippen LogP) is 2.43. The summed E-state index contributed by atoms with van der Waals surface area (Å²) in [4.78, 5) is 10.3. The Kier molecular flexibility index (Phi) is 9.61. The van der Waals surface area contributed by atoms with Crippen LogP contribution in [0.3, 0.4) is 0 Å². The molecule has 13 heavy (non-hydrogen) atoms. The van der Waals surface area contributed by atoms with E-state index >= 15 is 0 Å². The first-order valence-electron chi connectivity index (χ1n) is 4.60. The summed E-state index contributed by atoms with van der Waals surface area (Å²) in [6.07, 6.45) is 0. The molecule has 0 radical (unpaired) electrons. The van der Waals surface area contributed by atoms with Crippen LogP contribution in [-0.2, 0) is 14.0 Å². The molecule has 0 saturated heterocycles. The molecule has 0 aromatic rings. The maximum absolute atomic E-state index is 10.3. The summed E-state index contributed by atoms with van der Waals surface area (Å²) in [6.45, 7) is 13.1. The lowest BCUT2D eigenvalue weighted by Crippen LogP contribution is -2.27. The molecule has 0 aliphatic carbocycles. The van der Waals surface area contributed by atoms with E-state index in [-0.39, 0.29) is 5.97 Å². The molecule has 0 atom stereocenters. The molecule has 4 heteroatoms. The lowest BCUT2D eigenvalue weighted by molar-refractivity contribution is -0.132. The van der Waals surface area contributed by atoms with Gasteiger partial charge in [-0.25, -0.2) is 0 Å². The highest BCUT2D eigenvalue weighted by molar-refractivity contribution is 6.71. The van der Waals surface area contributed by atoms with Crippen molar-refractivity contribution < 1.29 is 14.0 Å². The lowest BCUT2D eigenvalue weighted by Gasteiger charge is -2.14. The zero-order valence-corrected chi connectivity index (χ0v) is 10.6. The fourth-order valence-corrected chi connectivity index (χ4v) is 1.50. The average Bonchev–Trinajstić information content (AvgIpc) is 1.84. The Labute approximate surface area is 82.6 Å². The Morgan fingerprint density at radius 2 is 1.54 bits per heavy atom. The van der Waals surface area contributed by atoms with Crippen molar-refractivity contribution in [3.63, 3.8) is 0 Å². The van der Waals surface area contributed by atoms with Gasteiger partial charge < -0.3 is 9.16 Å². The second-order valence-electron chi connectivity index (χ2n) is 3.49. The van der Waals surface area contributed by atoms with Gasteiger partial charge in [-0.05, 0) is 33.5 Å². The van der Waals surface area contributed by atoms with Crippen molar-refractivity contribution in [2.75, 3.05) is 13.2 Å². The third-order valence-corrected chi connectivity index (χ3v) is 1.76. The molecule has 0 spiro atoms. The molecule has 0 aromatic carbocycles. The van der Waals surface area contributed by atoms with Crippen LogP contribution < -0.4 is 0 Å².